The maximum Gasteiger partial charge on any atom is 0.253 e. The lowest BCUT2D eigenvalue weighted by molar-refractivity contribution is 0.439. The number of pyridine rings is 1. The molecule has 0 aliphatic carbocycles. The molecule has 3 aromatic rings. The van der Waals surface area contributed by atoms with Gasteiger partial charge in [0, 0.05) is 42.3 Å². The van der Waals surface area contributed by atoms with Crippen molar-refractivity contribution in [3.63, 3.8) is 0 Å². The van der Waals surface area contributed by atoms with Gasteiger partial charge in [0.15, 0.2) is 21.4 Å². The number of halogens is 2. The lowest BCUT2D eigenvalue weighted by Crippen LogP contribution is -2.20. The predicted octanol–water partition coefficient (Wildman–Crippen LogP) is 4.23. The van der Waals surface area contributed by atoms with Gasteiger partial charge in [-0.3, -0.25) is 4.79 Å². The third-order valence-electron chi connectivity index (χ3n) is 4.54. The molecule has 0 fully saturated rings. The van der Waals surface area contributed by atoms with Crippen molar-refractivity contribution in [3.05, 3.63) is 81.8 Å². The average Bonchev–Trinajstić information content (AvgIpc) is 2.66. The molecule has 1 heterocycles. The highest BCUT2D eigenvalue weighted by Crippen LogP contribution is 2.35. The average molecular weight is 433 g/mol. The van der Waals surface area contributed by atoms with Gasteiger partial charge in [0.2, 0.25) is 0 Å². The minimum atomic E-state index is -3.28. The fourth-order valence-electron chi connectivity index (χ4n) is 3.14. The summed E-state index contributed by atoms with van der Waals surface area (Å²) in [6, 6.07) is 9.43. The van der Waals surface area contributed by atoms with Gasteiger partial charge in [-0.05, 0) is 42.3 Å². The molecular formula is C22H21F2NO4S. The van der Waals surface area contributed by atoms with Crippen molar-refractivity contribution in [1.29, 1.82) is 0 Å². The van der Waals surface area contributed by atoms with Crippen molar-refractivity contribution < 1.29 is 21.9 Å². The molecule has 0 radical (unpaired) electrons. The Kier molecular flexibility index (Phi) is 6.07. The molecule has 0 aliphatic rings. The van der Waals surface area contributed by atoms with E-state index in [9.17, 15) is 22.0 Å². The van der Waals surface area contributed by atoms with E-state index in [1.165, 1.54) is 16.7 Å². The van der Waals surface area contributed by atoms with E-state index in [0.29, 0.717) is 34.7 Å². The van der Waals surface area contributed by atoms with Crippen LogP contribution >= 0.6 is 0 Å². The minimum Gasteiger partial charge on any atom is -0.454 e. The fourth-order valence-corrected chi connectivity index (χ4v) is 3.93. The number of sulfone groups is 1. The number of benzene rings is 2. The van der Waals surface area contributed by atoms with Crippen LogP contribution < -0.4 is 10.3 Å². The molecule has 30 heavy (non-hydrogen) atoms. The molecular weight excluding hydrogens is 412 g/mol. The molecule has 3 rings (SSSR count). The third-order valence-corrected chi connectivity index (χ3v) is 5.39. The third kappa shape index (κ3) is 4.94. The van der Waals surface area contributed by atoms with Crippen LogP contribution in [-0.2, 0) is 29.1 Å². The number of aryl methyl sites for hydroxylation is 2. The van der Waals surface area contributed by atoms with Gasteiger partial charge in [0.25, 0.3) is 5.56 Å². The van der Waals surface area contributed by atoms with Gasteiger partial charge in [0.1, 0.15) is 11.6 Å². The molecule has 0 unspecified atom stereocenters. The molecule has 8 heteroatoms. The maximum absolute atomic E-state index is 14.1. The summed E-state index contributed by atoms with van der Waals surface area (Å²) in [5.41, 5.74) is 2.06. The van der Waals surface area contributed by atoms with Crippen molar-refractivity contribution in [3.8, 4) is 22.6 Å². The van der Waals surface area contributed by atoms with Gasteiger partial charge < -0.3 is 9.30 Å². The van der Waals surface area contributed by atoms with Gasteiger partial charge >= 0.3 is 0 Å². The van der Waals surface area contributed by atoms with E-state index in [4.69, 9.17) is 4.74 Å². The lowest BCUT2D eigenvalue weighted by atomic mass is 10.0. The Morgan fingerprint density at radius 1 is 1.03 bits per heavy atom. The van der Waals surface area contributed by atoms with E-state index in [0.717, 1.165) is 12.3 Å². The Hall–Kier alpha value is -3.00. The van der Waals surface area contributed by atoms with Crippen LogP contribution in [0.1, 0.15) is 18.1 Å². The van der Waals surface area contributed by atoms with E-state index in [-0.39, 0.29) is 22.8 Å². The standard InChI is InChI=1S/C22H21F2NO4S/c1-4-15-10-16(12-25(2)22(15)26)18-9-14(13-30(3,27)28)5-7-20(18)29-21-8-6-17(23)11-19(21)24/h5-12H,4,13H2,1-3H3. The first-order valence-corrected chi connectivity index (χ1v) is 11.3. The Bertz CT molecular complexity index is 1270. The highest BCUT2D eigenvalue weighted by atomic mass is 32.2. The van der Waals surface area contributed by atoms with Crippen molar-refractivity contribution in [2.45, 2.75) is 19.1 Å². The first-order valence-electron chi connectivity index (χ1n) is 9.21. The van der Waals surface area contributed by atoms with Crippen LogP contribution in [-0.4, -0.2) is 19.2 Å². The number of hydrogen-bond donors (Lipinski definition) is 0. The second-order valence-corrected chi connectivity index (χ2v) is 9.24. The van der Waals surface area contributed by atoms with E-state index >= 15 is 0 Å². The molecule has 0 spiro atoms. The molecule has 0 N–H and O–H groups in total. The van der Waals surface area contributed by atoms with E-state index in [2.05, 4.69) is 0 Å². The summed E-state index contributed by atoms with van der Waals surface area (Å²) >= 11 is 0. The zero-order valence-electron chi connectivity index (χ0n) is 16.8. The molecule has 1 aromatic heterocycles. The molecule has 5 nitrogen and oxygen atoms in total. The topological polar surface area (TPSA) is 65.4 Å². The second-order valence-electron chi connectivity index (χ2n) is 7.10. The normalized spacial score (nSPS) is 11.5. The molecule has 0 saturated heterocycles. The van der Waals surface area contributed by atoms with Gasteiger partial charge in [-0.1, -0.05) is 13.0 Å². The Morgan fingerprint density at radius 3 is 2.37 bits per heavy atom. The number of rotatable bonds is 6. The smallest absolute Gasteiger partial charge is 0.253 e. The molecule has 0 aliphatic heterocycles. The summed E-state index contributed by atoms with van der Waals surface area (Å²) in [5, 5.41) is 0. The van der Waals surface area contributed by atoms with Crippen LogP contribution in [0.15, 0.2) is 53.5 Å². The summed E-state index contributed by atoms with van der Waals surface area (Å²) in [6.07, 6.45) is 3.24. The van der Waals surface area contributed by atoms with Crippen molar-refractivity contribution in [2.24, 2.45) is 7.05 Å². The van der Waals surface area contributed by atoms with Gasteiger partial charge in [-0.2, -0.15) is 0 Å². The SMILES string of the molecule is CCc1cc(-c2cc(CS(C)(=O)=O)ccc2Oc2ccc(F)cc2F)cn(C)c1=O. The minimum absolute atomic E-state index is 0.138. The second kappa shape index (κ2) is 8.39. The monoisotopic (exact) mass is 433 g/mol. The quantitative estimate of drug-likeness (QED) is 0.584. The predicted molar refractivity (Wildman–Crippen MR) is 111 cm³/mol. The number of nitrogens with zero attached hydrogens (tertiary/aromatic N) is 1. The highest BCUT2D eigenvalue weighted by Gasteiger charge is 2.16. The zero-order chi connectivity index (χ0) is 22.1. The Labute approximate surface area is 173 Å². The van der Waals surface area contributed by atoms with Gasteiger partial charge in [-0.25, -0.2) is 17.2 Å². The first kappa shape index (κ1) is 21.7. The summed E-state index contributed by atoms with van der Waals surface area (Å²) in [6.45, 7) is 1.85. The zero-order valence-corrected chi connectivity index (χ0v) is 17.6. The van der Waals surface area contributed by atoms with Crippen LogP contribution in [0, 0.1) is 11.6 Å². The number of hydrogen-bond acceptors (Lipinski definition) is 4. The number of aromatic nitrogens is 1. The molecule has 0 atom stereocenters. The molecule has 0 amide bonds. The molecule has 0 saturated carbocycles. The summed E-state index contributed by atoms with van der Waals surface area (Å²) in [4.78, 5) is 12.3. The van der Waals surface area contributed by atoms with Crippen LogP contribution in [0.25, 0.3) is 11.1 Å². The molecule has 0 bridgehead atoms. The van der Waals surface area contributed by atoms with E-state index in [1.807, 2.05) is 6.92 Å². The summed E-state index contributed by atoms with van der Waals surface area (Å²) in [5.74, 6) is -1.70. The lowest BCUT2D eigenvalue weighted by Gasteiger charge is -2.15. The first-order chi connectivity index (χ1) is 14.1. The largest absolute Gasteiger partial charge is 0.454 e. The van der Waals surface area contributed by atoms with E-state index in [1.54, 1.807) is 31.4 Å². The van der Waals surface area contributed by atoms with E-state index < -0.39 is 21.5 Å². The van der Waals surface area contributed by atoms with Gasteiger partial charge in [-0.15, -0.1) is 0 Å². The summed E-state index contributed by atoms with van der Waals surface area (Å²) in [7, 11) is -1.67. The van der Waals surface area contributed by atoms with Crippen LogP contribution in [0.4, 0.5) is 8.78 Å². The van der Waals surface area contributed by atoms with Crippen LogP contribution in [0.3, 0.4) is 0 Å². The molecule has 2 aromatic carbocycles. The van der Waals surface area contributed by atoms with Crippen LogP contribution in [0.5, 0.6) is 11.5 Å². The van der Waals surface area contributed by atoms with Crippen molar-refractivity contribution in [2.75, 3.05) is 6.26 Å². The van der Waals surface area contributed by atoms with Crippen LogP contribution in [0.2, 0.25) is 0 Å². The van der Waals surface area contributed by atoms with Crippen molar-refractivity contribution in [1.82, 2.24) is 4.57 Å². The maximum atomic E-state index is 14.1. The van der Waals surface area contributed by atoms with Gasteiger partial charge in [0.05, 0.1) is 5.75 Å². The Morgan fingerprint density at radius 2 is 1.73 bits per heavy atom. The molecule has 158 valence electrons. The van der Waals surface area contributed by atoms with Crippen molar-refractivity contribution >= 4 is 9.84 Å². The fraction of sp³-hybridized carbons (Fsp3) is 0.227. The Balaban J connectivity index is 2.17. The highest BCUT2D eigenvalue weighted by molar-refractivity contribution is 7.89. The number of ether oxygens (including phenoxy) is 1. The summed E-state index contributed by atoms with van der Waals surface area (Å²) < 4.78 is 57.9.